The van der Waals surface area contributed by atoms with Crippen LogP contribution in [0.5, 0.6) is 0 Å². The zero-order valence-electron chi connectivity index (χ0n) is 10.9. The third-order valence-corrected chi connectivity index (χ3v) is 4.77. The maximum Gasteiger partial charge on any atom is 0.0465 e. The number of rotatable bonds is 7. The van der Waals surface area contributed by atoms with E-state index in [0.29, 0.717) is 15.9 Å². The van der Waals surface area contributed by atoms with E-state index in [9.17, 15) is 0 Å². The van der Waals surface area contributed by atoms with Crippen molar-refractivity contribution in [3.8, 4) is 0 Å². The number of nitrogens with one attached hydrogen (secondary N) is 1. The van der Waals surface area contributed by atoms with E-state index in [1.165, 1.54) is 0 Å². The van der Waals surface area contributed by atoms with Gasteiger partial charge in [-0.05, 0) is 36.0 Å². The van der Waals surface area contributed by atoms with Crippen molar-refractivity contribution in [3.05, 3.63) is 33.8 Å². The van der Waals surface area contributed by atoms with Crippen LogP contribution in [0.15, 0.2) is 18.2 Å². The highest BCUT2D eigenvalue weighted by Gasteiger charge is 2.24. The number of alkyl halides is 1. The molecule has 0 aromatic heterocycles. The minimum absolute atomic E-state index is 0.181. The summed E-state index contributed by atoms with van der Waals surface area (Å²) in [5, 5.41) is 4.82. The maximum absolute atomic E-state index is 6.13. The van der Waals surface area contributed by atoms with Gasteiger partial charge in [0.2, 0.25) is 0 Å². The summed E-state index contributed by atoms with van der Waals surface area (Å²) in [4.78, 5) is 0. The molecule has 0 saturated heterocycles. The molecule has 4 heteroatoms. The number of benzene rings is 1. The molecule has 1 rings (SSSR count). The van der Waals surface area contributed by atoms with Gasteiger partial charge in [-0.3, -0.25) is 0 Å². The molecular formula is C14H20Cl3N. The van der Waals surface area contributed by atoms with Crippen molar-refractivity contribution >= 4 is 34.8 Å². The van der Waals surface area contributed by atoms with Crippen molar-refractivity contribution in [3.63, 3.8) is 0 Å². The lowest BCUT2D eigenvalue weighted by Crippen LogP contribution is -2.34. The molecule has 0 radical (unpaired) electrons. The van der Waals surface area contributed by atoms with Gasteiger partial charge >= 0.3 is 0 Å². The summed E-state index contributed by atoms with van der Waals surface area (Å²) >= 11 is 18.1. The fraction of sp³-hybridized carbons (Fsp3) is 0.571. The fourth-order valence-electron chi connectivity index (χ4n) is 1.86. The lowest BCUT2D eigenvalue weighted by Gasteiger charge is -2.29. The Morgan fingerprint density at radius 2 is 1.83 bits per heavy atom. The topological polar surface area (TPSA) is 12.0 Å². The van der Waals surface area contributed by atoms with Crippen LogP contribution in [0.3, 0.4) is 0 Å². The highest BCUT2D eigenvalue weighted by Crippen LogP contribution is 2.27. The van der Waals surface area contributed by atoms with Gasteiger partial charge in [0.1, 0.15) is 0 Å². The Morgan fingerprint density at radius 1 is 1.17 bits per heavy atom. The third-order valence-electron chi connectivity index (χ3n) is 3.61. The standard InChI is InChI=1S/C14H20Cl3N/c1-3-14(4-2,9-15)10-18-8-11-5-6-12(16)7-13(11)17/h5-7,18H,3-4,8-10H2,1-2H3. The normalized spacial score (nSPS) is 11.8. The maximum atomic E-state index is 6.13. The molecule has 1 nitrogen and oxygen atoms in total. The summed E-state index contributed by atoms with van der Waals surface area (Å²) in [6, 6.07) is 5.59. The number of halogens is 3. The highest BCUT2D eigenvalue weighted by molar-refractivity contribution is 6.35. The van der Waals surface area contributed by atoms with E-state index in [-0.39, 0.29) is 5.41 Å². The first kappa shape index (κ1) is 16.1. The monoisotopic (exact) mass is 307 g/mol. The van der Waals surface area contributed by atoms with Crippen molar-refractivity contribution in [2.75, 3.05) is 12.4 Å². The van der Waals surface area contributed by atoms with E-state index in [2.05, 4.69) is 19.2 Å². The van der Waals surface area contributed by atoms with Crippen LogP contribution >= 0.6 is 34.8 Å². The van der Waals surface area contributed by atoms with Gasteiger partial charge in [0.25, 0.3) is 0 Å². The largest absolute Gasteiger partial charge is 0.312 e. The zero-order chi connectivity index (χ0) is 13.6. The molecule has 1 N–H and O–H groups in total. The van der Waals surface area contributed by atoms with Crippen LogP contribution in [0.2, 0.25) is 10.0 Å². The Balaban J connectivity index is 2.55. The molecule has 0 spiro atoms. The molecule has 18 heavy (non-hydrogen) atoms. The molecule has 0 aliphatic carbocycles. The second-order valence-corrected chi connectivity index (χ2v) is 5.79. The van der Waals surface area contributed by atoms with E-state index in [1.807, 2.05) is 12.1 Å². The van der Waals surface area contributed by atoms with E-state index in [1.54, 1.807) is 6.07 Å². The summed E-state index contributed by atoms with van der Waals surface area (Å²) in [6.45, 7) is 6.02. The second-order valence-electron chi connectivity index (χ2n) is 4.68. The van der Waals surface area contributed by atoms with Crippen LogP contribution in [-0.2, 0) is 6.54 Å². The molecular weight excluding hydrogens is 289 g/mol. The molecule has 0 atom stereocenters. The summed E-state index contributed by atoms with van der Waals surface area (Å²) in [6.07, 6.45) is 2.16. The lowest BCUT2D eigenvalue weighted by molar-refractivity contribution is 0.286. The summed E-state index contributed by atoms with van der Waals surface area (Å²) in [5.74, 6) is 0.682. The van der Waals surface area contributed by atoms with Gasteiger partial charge in [-0.25, -0.2) is 0 Å². The Morgan fingerprint density at radius 3 is 2.33 bits per heavy atom. The summed E-state index contributed by atoms with van der Waals surface area (Å²) in [5.41, 5.74) is 1.25. The quantitative estimate of drug-likeness (QED) is 0.689. The minimum Gasteiger partial charge on any atom is -0.312 e. The van der Waals surface area contributed by atoms with Crippen LogP contribution in [0.25, 0.3) is 0 Å². The SMILES string of the molecule is CCC(CC)(CCl)CNCc1ccc(Cl)cc1Cl. The van der Waals surface area contributed by atoms with Gasteiger partial charge in [0, 0.05) is 29.0 Å². The third kappa shape index (κ3) is 4.31. The summed E-state index contributed by atoms with van der Waals surface area (Å²) in [7, 11) is 0. The van der Waals surface area contributed by atoms with E-state index in [4.69, 9.17) is 34.8 Å². The first-order valence-corrected chi connectivity index (χ1v) is 7.56. The average Bonchev–Trinajstić information content (AvgIpc) is 2.38. The zero-order valence-corrected chi connectivity index (χ0v) is 13.2. The molecule has 1 aromatic rings. The van der Waals surface area contributed by atoms with Crippen LogP contribution < -0.4 is 5.32 Å². The molecule has 0 amide bonds. The predicted octanol–water partition coefficient (Wildman–Crippen LogP) is 5.13. The highest BCUT2D eigenvalue weighted by atomic mass is 35.5. The molecule has 102 valence electrons. The Bertz CT molecular complexity index is 367. The van der Waals surface area contributed by atoms with Crippen molar-refractivity contribution in [2.24, 2.45) is 5.41 Å². The Labute approximate surface area is 125 Å². The first-order chi connectivity index (χ1) is 8.56. The fourth-order valence-corrected chi connectivity index (χ4v) is 2.81. The van der Waals surface area contributed by atoms with Crippen molar-refractivity contribution in [1.82, 2.24) is 5.32 Å². The van der Waals surface area contributed by atoms with Crippen molar-refractivity contribution < 1.29 is 0 Å². The van der Waals surface area contributed by atoms with Gasteiger partial charge in [0.15, 0.2) is 0 Å². The van der Waals surface area contributed by atoms with E-state index >= 15 is 0 Å². The molecule has 0 aliphatic heterocycles. The lowest BCUT2D eigenvalue weighted by atomic mass is 9.84. The van der Waals surface area contributed by atoms with Gasteiger partial charge in [0.05, 0.1) is 0 Å². The molecule has 0 bridgehead atoms. The molecule has 1 aromatic carbocycles. The van der Waals surface area contributed by atoms with Crippen LogP contribution in [0.1, 0.15) is 32.3 Å². The van der Waals surface area contributed by atoms with Crippen molar-refractivity contribution in [2.45, 2.75) is 33.2 Å². The Hall–Kier alpha value is 0.0500. The van der Waals surface area contributed by atoms with Gasteiger partial charge in [-0.2, -0.15) is 0 Å². The Kier molecular flexibility index (Phi) is 6.79. The van der Waals surface area contributed by atoms with Crippen molar-refractivity contribution in [1.29, 1.82) is 0 Å². The molecule has 0 heterocycles. The predicted molar refractivity (Wildman–Crippen MR) is 81.9 cm³/mol. The molecule has 0 fully saturated rings. The van der Waals surface area contributed by atoms with Gasteiger partial charge < -0.3 is 5.32 Å². The first-order valence-electron chi connectivity index (χ1n) is 6.27. The van der Waals surface area contributed by atoms with Crippen LogP contribution in [0, 0.1) is 5.41 Å². The van der Waals surface area contributed by atoms with Crippen LogP contribution in [-0.4, -0.2) is 12.4 Å². The van der Waals surface area contributed by atoms with E-state index in [0.717, 1.165) is 31.5 Å². The second kappa shape index (κ2) is 7.59. The number of hydrogen-bond donors (Lipinski definition) is 1. The van der Waals surface area contributed by atoms with Gasteiger partial charge in [-0.15, -0.1) is 11.6 Å². The summed E-state index contributed by atoms with van der Waals surface area (Å²) < 4.78 is 0. The van der Waals surface area contributed by atoms with Gasteiger partial charge in [-0.1, -0.05) is 43.1 Å². The molecule has 0 unspecified atom stereocenters. The van der Waals surface area contributed by atoms with Crippen LogP contribution in [0.4, 0.5) is 0 Å². The average molecular weight is 309 g/mol. The smallest absolute Gasteiger partial charge is 0.0465 e. The minimum atomic E-state index is 0.181. The number of hydrogen-bond acceptors (Lipinski definition) is 1. The molecule has 0 saturated carbocycles. The molecule has 0 aliphatic rings. The van der Waals surface area contributed by atoms with E-state index < -0.39 is 0 Å².